The molecule has 1 N–H and O–H groups in total. The molecule has 3 heterocycles. The average molecular weight is 640 g/mol. The topological polar surface area (TPSA) is 123 Å². The van der Waals surface area contributed by atoms with Crippen molar-refractivity contribution in [2.45, 2.75) is 6.42 Å². The van der Waals surface area contributed by atoms with E-state index in [1.807, 2.05) is 72.8 Å². The van der Waals surface area contributed by atoms with E-state index in [2.05, 4.69) is 27.1 Å². The molecule has 0 saturated carbocycles. The summed E-state index contributed by atoms with van der Waals surface area (Å²) in [6, 6.07) is 31.0. The van der Waals surface area contributed by atoms with Gasteiger partial charge in [-0.2, -0.15) is 5.26 Å². The van der Waals surface area contributed by atoms with E-state index in [1.54, 1.807) is 50.6 Å². The number of imidazole rings is 1. The number of H-pyrrole nitrogens is 1. The second-order valence-electron chi connectivity index (χ2n) is 10.8. The number of amides is 1. The monoisotopic (exact) mass is 639 g/mol. The third kappa shape index (κ3) is 6.62. The van der Waals surface area contributed by atoms with Gasteiger partial charge in [0.25, 0.3) is 5.91 Å². The zero-order chi connectivity index (χ0) is 33.5. The number of nitrogens with one attached hydrogen (secondary N) is 1. The first-order chi connectivity index (χ1) is 23.5. The number of aromatic nitrogens is 3. The molecule has 1 aliphatic rings. The van der Waals surface area contributed by atoms with Crippen molar-refractivity contribution in [3.63, 3.8) is 0 Å². The number of ether oxygens (including phenoxy) is 4. The number of fused-ring (bicyclic) bond motifs is 3. The second-order valence-corrected chi connectivity index (χ2v) is 10.8. The number of carbonyl (C=O) groups is 1. The molecule has 0 radical (unpaired) electrons. The smallest absolute Gasteiger partial charge is 0.264 e. The van der Waals surface area contributed by atoms with E-state index in [0.717, 1.165) is 46.2 Å². The number of hydrogen-bond acceptors (Lipinski definition) is 8. The minimum absolute atomic E-state index is 0.0179. The molecular formula is C38H33N5O5. The van der Waals surface area contributed by atoms with E-state index < -0.39 is 0 Å². The van der Waals surface area contributed by atoms with Crippen LogP contribution in [-0.4, -0.2) is 55.3 Å². The van der Waals surface area contributed by atoms with Crippen LogP contribution in [0.3, 0.4) is 0 Å². The number of aromatic amines is 1. The zero-order valence-corrected chi connectivity index (χ0v) is 26.8. The van der Waals surface area contributed by atoms with Crippen LogP contribution in [0.4, 0.5) is 5.69 Å². The fourth-order valence-corrected chi connectivity index (χ4v) is 5.59. The van der Waals surface area contributed by atoms with Crippen molar-refractivity contribution < 1.29 is 23.7 Å². The SMILES string of the molecule is COc1cc(/C=C(\C#N)c2nc3ccccc3[nH]2)cc(OC)c1OC.O=C(COc1cccc2cccnc12)N1CCc2ccccc21. The number of hydrogen-bond donors (Lipinski definition) is 1. The molecule has 0 saturated heterocycles. The van der Waals surface area contributed by atoms with Crippen molar-refractivity contribution in [1.29, 1.82) is 5.26 Å². The van der Waals surface area contributed by atoms with Gasteiger partial charge in [-0.25, -0.2) is 4.98 Å². The lowest BCUT2D eigenvalue weighted by Crippen LogP contribution is -2.33. The van der Waals surface area contributed by atoms with Crippen LogP contribution in [-0.2, 0) is 11.2 Å². The standard InChI is InChI=1S/C19H17N3O3.C19H16N2O2/c1-23-16-9-12(10-17(24-2)18(16)25-3)8-13(11-20)19-21-14-6-4-5-7-15(14)22-19;22-18(21-12-10-14-5-1-2-8-16(14)21)13-23-17-9-3-6-15-7-4-11-20-19(15)17/h4-10H,1-3H3,(H,21,22);1-9,11H,10,12-13H2/b13-8+;. The molecule has 1 amide bonds. The minimum Gasteiger partial charge on any atom is -0.493 e. The first-order valence-electron chi connectivity index (χ1n) is 15.2. The number of anilines is 1. The Morgan fingerprint density at radius 2 is 1.67 bits per heavy atom. The Hall–Kier alpha value is -6.34. The van der Waals surface area contributed by atoms with Crippen LogP contribution in [0.25, 0.3) is 33.6 Å². The number of para-hydroxylation sites is 4. The van der Waals surface area contributed by atoms with Gasteiger partial charge in [-0.15, -0.1) is 0 Å². The Bertz CT molecular complexity index is 2100. The summed E-state index contributed by atoms with van der Waals surface area (Å²) in [6.07, 6.45) is 4.35. The fraction of sp³-hybridized carbons (Fsp3) is 0.158. The maximum absolute atomic E-state index is 12.5. The molecule has 240 valence electrons. The molecule has 4 aromatic carbocycles. The van der Waals surface area contributed by atoms with E-state index in [1.165, 1.54) is 5.56 Å². The van der Waals surface area contributed by atoms with Crippen LogP contribution in [0.1, 0.15) is 17.0 Å². The molecule has 7 rings (SSSR count). The molecule has 0 aliphatic carbocycles. The van der Waals surface area contributed by atoms with Gasteiger partial charge in [0, 0.05) is 23.8 Å². The highest BCUT2D eigenvalue weighted by Crippen LogP contribution is 2.39. The maximum Gasteiger partial charge on any atom is 0.264 e. The minimum atomic E-state index is -0.0251. The number of benzene rings is 4. The summed E-state index contributed by atoms with van der Waals surface area (Å²) in [5.74, 6) is 2.68. The molecule has 0 atom stereocenters. The summed E-state index contributed by atoms with van der Waals surface area (Å²) in [6.45, 7) is 0.735. The van der Waals surface area contributed by atoms with Crippen molar-refractivity contribution in [2.75, 3.05) is 39.4 Å². The zero-order valence-electron chi connectivity index (χ0n) is 26.8. The van der Waals surface area contributed by atoms with Gasteiger partial charge in [0.2, 0.25) is 5.75 Å². The molecule has 10 heteroatoms. The summed E-state index contributed by atoms with van der Waals surface area (Å²) < 4.78 is 21.8. The first-order valence-corrected chi connectivity index (χ1v) is 15.2. The van der Waals surface area contributed by atoms with Crippen LogP contribution >= 0.6 is 0 Å². The third-order valence-electron chi connectivity index (χ3n) is 7.90. The van der Waals surface area contributed by atoms with Gasteiger partial charge in [-0.05, 0) is 66.1 Å². The number of nitriles is 1. The van der Waals surface area contributed by atoms with Crippen LogP contribution in [0, 0.1) is 11.3 Å². The number of nitrogens with zero attached hydrogens (tertiary/aromatic N) is 4. The van der Waals surface area contributed by atoms with Crippen molar-refractivity contribution in [1.82, 2.24) is 15.0 Å². The molecule has 0 bridgehead atoms. The predicted octanol–water partition coefficient (Wildman–Crippen LogP) is 6.86. The summed E-state index contributed by atoms with van der Waals surface area (Å²) >= 11 is 0. The molecule has 0 fully saturated rings. The van der Waals surface area contributed by atoms with Crippen molar-refractivity contribution in [3.05, 3.63) is 114 Å². The molecule has 2 aromatic heterocycles. The van der Waals surface area contributed by atoms with Gasteiger partial charge < -0.3 is 28.8 Å². The van der Waals surface area contributed by atoms with E-state index in [9.17, 15) is 10.1 Å². The lowest BCUT2D eigenvalue weighted by molar-refractivity contribution is -0.120. The Kier molecular flexibility index (Phi) is 9.49. The van der Waals surface area contributed by atoms with Crippen LogP contribution in [0.15, 0.2) is 97.2 Å². The third-order valence-corrected chi connectivity index (χ3v) is 7.90. The summed E-state index contributed by atoms with van der Waals surface area (Å²) in [4.78, 5) is 26.3. The number of rotatable bonds is 8. The molecule has 0 unspecified atom stereocenters. The maximum atomic E-state index is 12.5. The van der Waals surface area contributed by atoms with E-state index >= 15 is 0 Å². The molecular weight excluding hydrogens is 606 g/mol. The fourth-order valence-electron chi connectivity index (χ4n) is 5.59. The van der Waals surface area contributed by atoms with Crippen LogP contribution < -0.4 is 23.8 Å². The summed E-state index contributed by atoms with van der Waals surface area (Å²) in [5, 5.41) is 10.6. The molecule has 6 aromatic rings. The largest absolute Gasteiger partial charge is 0.493 e. The first kappa shape index (κ1) is 31.6. The quantitative estimate of drug-likeness (QED) is 0.179. The van der Waals surface area contributed by atoms with Crippen molar-refractivity contribution >= 4 is 45.2 Å². The van der Waals surface area contributed by atoms with Crippen molar-refractivity contribution in [3.8, 4) is 29.1 Å². The van der Waals surface area contributed by atoms with Gasteiger partial charge in [0.15, 0.2) is 18.1 Å². The average Bonchev–Trinajstić information content (AvgIpc) is 3.77. The second kappa shape index (κ2) is 14.4. The summed E-state index contributed by atoms with van der Waals surface area (Å²) in [7, 11) is 4.65. The van der Waals surface area contributed by atoms with Crippen molar-refractivity contribution in [2.24, 2.45) is 0 Å². The number of pyridine rings is 1. The highest BCUT2D eigenvalue weighted by molar-refractivity contribution is 5.97. The van der Waals surface area contributed by atoms with Gasteiger partial charge in [-0.1, -0.05) is 48.5 Å². The number of methoxy groups -OCH3 is 3. The molecule has 1 aliphatic heterocycles. The highest BCUT2D eigenvalue weighted by Gasteiger charge is 2.24. The highest BCUT2D eigenvalue weighted by atomic mass is 16.5. The normalized spacial score (nSPS) is 12.1. The van der Waals surface area contributed by atoms with Crippen LogP contribution in [0.5, 0.6) is 23.0 Å². The van der Waals surface area contributed by atoms with E-state index in [-0.39, 0.29) is 12.5 Å². The molecule has 10 nitrogen and oxygen atoms in total. The summed E-state index contributed by atoms with van der Waals surface area (Å²) in [5.41, 5.74) is 5.83. The van der Waals surface area contributed by atoms with Gasteiger partial charge in [0.1, 0.15) is 23.2 Å². The molecule has 0 spiro atoms. The van der Waals surface area contributed by atoms with Crippen LogP contribution in [0.2, 0.25) is 0 Å². The van der Waals surface area contributed by atoms with E-state index in [0.29, 0.717) is 34.4 Å². The Balaban J connectivity index is 0.000000168. The Morgan fingerprint density at radius 1 is 0.917 bits per heavy atom. The molecule has 48 heavy (non-hydrogen) atoms. The lowest BCUT2D eigenvalue weighted by atomic mass is 10.1. The van der Waals surface area contributed by atoms with Gasteiger partial charge in [-0.3, -0.25) is 9.78 Å². The Morgan fingerprint density at radius 3 is 2.42 bits per heavy atom. The van der Waals surface area contributed by atoms with Gasteiger partial charge in [0.05, 0.1) is 37.9 Å². The number of allylic oxidation sites excluding steroid dienone is 1. The van der Waals surface area contributed by atoms with Gasteiger partial charge >= 0.3 is 0 Å². The predicted molar refractivity (Wildman–Crippen MR) is 185 cm³/mol. The number of carbonyl (C=O) groups excluding carboxylic acids is 1. The van der Waals surface area contributed by atoms with E-state index in [4.69, 9.17) is 18.9 Å². The lowest BCUT2D eigenvalue weighted by Gasteiger charge is -2.17. The Labute approximate surface area is 277 Å².